The Morgan fingerprint density at radius 3 is 2.57 bits per heavy atom. The number of hydrogen-bond acceptors (Lipinski definition) is 3. The maximum absolute atomic E-state index is 13.1. The van der Waals surface area contributed by atoms with E-state index in [9.17, 15) is 9.18 Å². The second kappa shape index (κ2) is 7.23. The quantitative estimate of drug-likeness (QED) is 0.533. The summed E-state index contributed by atoms with van der Waals surface area (Å²) in [6.45, 7) is 1.95. The Bertz CT molecular complexity index is 1120. The van der Waals surface area contributed by atoms with E-state index >= 15 is 0 Å². The van der Waals surface area contributed by atoms with Gasteiger partial charge in [-0.05, 0) is 55.5 Å². The molecule has 0 aliphatic rings. The molecule has 0 saturated carbocycles. The first-order valence-electron chi connectivity index (χ1n) is 8.96. The number of aromatic nitrogens is 3. The molecule has 0 spiro atoms. The topological polar surface area (TPSA) is 50.5 Å². The van der Waals surface area contributed by atoms with Crippen molar-refractivity contribution >= 4 is 11.6 Å². The van der Waals surface area contributed by atoms with E-state index < -0.39 is 0 Å². The number of pyridine rings is 2. The number of nitrogens with zero attached hydrogens (tertiary/aromatic N) is 4. The zero-order valence-electron chi connectivity index (χ0n) is 15.6. The summed E-state index contributed by atoms with van der Waals surface area (Å²) in [5.74, 6) is -0.387. The van der Waals surface area contributed by atoms with Crippen molar-refractivity contribution in [2.75, 3.05) is 7.05 Å². The van der Waals surface area contributed by atoms with Crippen molar-refractivity contribution in [3.8, 4) is 11.3 Å². The fraction of sp³-hybridized carbons (Fsp3) is 0.136. The standard InChI is InChI=1S/C22H19FN4O/c1-15(19-5-3-4-12-24-19)26(2)22(28)17-8-11-21-25-20(14-27(21)13-17)16-6-9-18(23)10-7-16/h3-15H,1-2H3. The van der Waals surface area contributed by atoms with Crippen molar-refractivity contribution < 1.29 is 9.18 Å². The number of carbonyl (C=O) groups is 1. The van der Waals surface area contributed by atoms with Gasteiger partial charge in [0, 0.05) is 31.2 Å². The van der Waals surface area contributed by atoms with Crippen LogP contribution in [0.3, 0.4) is 0 Å². The molecule has 1 amide bonds. The third-order valence-electron chi connectivity index (χ3n) is 4.86. The summed E-state index contributed by atoms with van der Waals surface area (Å²) in [6.07, 6.45) is 5.32. The van der Waals surface area contributed by atoms with Crippen molar-refractivity contribution in [1.29, 1.82) is 0 Å². The lowest BCUT2D eigenvalue weighted by Gasteiger charge is -2.24. The number of imidazole rings is 1. The van der Waals surface area contributed by atoms with Crippen LogP contribution in [0.2, 0.25) is 0 Å². The molecule has 4 aromatic rings. The summed E-state index contributed by atoms with van der Waals surface area (Å²) < 4.78 is 15.0. The first kappa shape index (κ1) is 17.9. The number of amides is 1. The number of rotatable bonds is 4. The summed E-state index contributed by atoms with van der Waals surface area (Å²) in [6, 6.07) is 15.3. The van der Waals surface area contributed by atoms with Crippen LogP contribution in [-0.2, 0) is 0 Å². The SMILES string of the molecule is CC(c1ccccn1)N(C)C(=O)c1ccc2nc(-c3ccc(F)cc3)cn2c1. The Kier molecular flexibility index (Phi) is 4.61. The van der Waals surface area contributed by atoms with Crippen molar-refractivity contribution in [3.63, 3.8) is 0 Å². The molecule has 3 aromatic heterocycles. The Labute approximate surface area is 162 Å². The number of halogens is 1. The summed E-state index contributed by atoms with van der Waals surface area (Å²) in [4.78, 5) is 23.5. The Morgan fingerprint density at radius 1 is 1.07 bits per heavy atom. The smallest absolute Gasteiger partial charge is 0.255 e. The molecular weight excluding hydrogens is 355 g/mol. The highest BCUT2D eigenvalue weighted by Crippen LogP contribution is 2.22. The highest BCUT2D eigenvalue weighted by atomic mass is 19.1. The second-order valence-corrected chi connectivity index (χ2v) is 6.66. The van der Waals surface area contributed by atoms with Gasteiger partial charge in [-0.2, -0.15) is 0 Å². The summed E-state index contributed by atoms with van der Waals surface area (Å²) in [7, 11) is 1.77. The van der Waals surface area contributed by atoms with Crippen LogP contribution >= 0.6 is 0 Å². The maximum atomic E-state index is 13.1. The first-order valence-corrected chi connectivity index (χ1v) is 8.96. The third-order valence-corrected chi connectivity index (χ3v) is 4.86. The Morgan fingerprint density at radius 2 is 1.86 bits per heavy atom. The average molecular weight is 374 g/mol. The molecule has 1 unspecified atom stereocenters. The van der Waals surface area contributed by atoms with Crippen LogP contribution in [0.25, 0.3) is 16.9 Å². The molecule has 1 atom stereocenters. The van der Waals surface area contributed by atoms with Gasteiger partial charge in [0.25, 0.3) is 5.91 Å². The highest BCUT2D eigenvalue weighted by molar-refractivity contribution is 5.94. The lowest BCUT2D eigenvalue weighted by Crippen LogP contribution is -2.30. The van der Waals surface area contributed by atoms with Gasteiger partial charge in [0.1, 0.15) is 11.5 Å². The number of fused-ring (bicyclic) bond motifs is 1. The van der Waals surface area contributed by atoms with Crippen LogP contribution in [0.4, 0.5) is 4.39 Å². The Balaban J connectivity index is 1.62. The monoisotopic (exact) mass is 374 g/mol. The predicted octanol–water partition coefficient (Wildman–Crippen LogP) is 4.37. The number of hydrogen-bond donors (Lipinski definition) is 0. The van der Waals surface area contributed by atoms with E-state index in [1.807, 2.05) is 35.7 Å². The molecule has 0 fully saturated rings. The molecule has 5 nitrogen and oxygen atoms in total. The highest BCUT2D eigenvalue weighted by Gasteiger charge is 2.20. The van der Waals surface area contributed by atoms with E-state index in [0.717, 1.165) is 22.6 Å². The molecule has 140 valence electrons. The molecule has 0 N–H and O–H groups in total. The van der Waals surface area contributed by atoms with Crippen LogP contribution in [-0.4, -0.2) is 32.2 Å². The van der Waals surface area contributed by atoms with Crippen molar-refractivity contribution in [2.45, 2.75) is 13.0 Å². The van der Waals surface area contributed by atoms with Gasteiger partial charge in [0.2, 0.25) is 0 Å². The van der Waals surface area contributed by atoms with Gasteiger partial charge >= 0.3 is 0 Å². The van der Waals surface area contributed by atoms with Gasteiger partial charge in [0.15, 0.2) is 0 Å². The molecule has 0 aliphatic carbocycles. The molecule has 0 aliphatic heterocycles. The summed E-state index contributed by atoms with van der Waals surface area (Å²) >= 11 is 0. The number of benzene rings is 1. The van der Waals surface area contributed by atoms with E-state index in [0.29, 0.717) is 5.56 Å². The minimum atomic E-state index is -0.287. The van der Waals surface area contributed by atoms with Gasteiger partial charge in [0.05, 0.1) is 23.0 Å². The van der Waals surface area contributed by atoms with Gasteiger partial charge in [-0.3, -0.25) is 9.78 Å². The molecule has 0 bridgehead atoms. The van der Waals surface area contributed by atoms with E-state index in [4.69, 9.17) is 0 Å². The molecule has 1 aromatic carbocycles. The number of carbonyl (C=O) groups excluding carboxylic acids is 1. The zero-order valence-corrected chi connectivity index (χ0v) is 15.6. The van der Waals surface area contributed by atoms with Gasteiger partial charge in [-0.15, -0.1) is 0 Å². The third kappa shape index (κ3) is 3.36. The van der Waals surface area contributed by atoms with Crippen molar-refractivity contribution in [3.05, 3.63) is 90.3 Å². The largest absolute Gasteiger partial charge is 0.333 e. The first-order chi connectivity index (χ1) is 13.5. The van der Waals surface area contributed by atoms with Crippen molar-refractivity contribution in [1.82, 2.24) is 19.3 Å². The van der Waals surface area contributed by atoms with Crippen LogP contribution in [0.1, 0.15) is 29.0 Å². The molecule has 3 heterocycles. The summed E-state index contributed by atoms with van der Waals surface area (Å²) in [5.41, 5.74) is 3.65. The minimum absolute atomic E-state index is 0.0999. The van der Waals surface area contributed by atoms with Crippen LogP contribution in [0, 0.1) is 5.82 Å². The maximum Gasteiger partial charge on any atom is 0.255 e. The fourth-order valence-corrected chi connectivity index (χ4v) is 3.08. The molecule has 0 radical (unpaired) electrons. The lowest BCUT2D eigenvalue weighted by molar-refractivity contribution is 0.0739. The van der Waals surface area contributed by atoms with Crippen LogP contribution in [0.5, 0.6) is 0 Å². The fourth-order valence-electron chi connectivity index (χ4n) is 3.08. The second-order valence-electron chi connectivity index (χ2n) is 6.66. The predicted molar refractivity (Wildman–Crippen MR) is 105 cm³/mol. The van der Waals surface area contributed by atoms with Gasteiger partial charge in [-0.25, -0.2) is 9.37 Å². The van der Waals surface area contributed by atoms with Crippen LogP contribution in [0.15, 0.2) is 73.2 Å². The molecule has 0 saturated heterocycles. The summed E-state index contributed by atoms with van der Waals surface area (Å²) in [5, 5.41) is 0. The van der Waals surface area contributed by atoms with Gasteiger partial charge in [-0.1, -0.05) is 6.07 Å². The van der Waals surface area contributed by atoms with Gasteiger partial charge < -0.3 is 9.30 Å². The van der Waals surface area contributed by atoms with E-state index in [1.165, 1.54) is 12.1 Å². The van der Waals surface area contributed by atoms with Crippen molar-refractivity contribution in [2.24, 2.45) is 0 Å². The molecule has 6 heteroatoms. The average Bonchev–Trinajstić information content (AvgIpc) is 3.16. The molecule has 4 rings (SSSR count). The normalized spacial score (nSPS) is 12.1. The molecule has 28 heavy (non-hydrogen) atoms. The minimum Gasteiger partial charge on any atom is -0.333 e. The van der Waals surface area contributed by atoms with E-state index in [2.05, 4.69) is 9.97 Å². The van der Waals surface area contributed by atoms with E-state index in [1.54, 1.807) is 48.6 Å². The zero-order chi connectivity index (χ0) is 19.7. The Hall–Kier alpha value is -3.54. The lowest BCUT2D eigenvalue weighted by atomic mass is 10.1. The molecular formula is C22H19FN4O. The van der Waals surface area contributed by atoms with Crippen LogP contribution < -0.4 is 0 Å². The van der Waals surface area contributed by atoms with E-state index in [-0.39, 0.29) is 17.8 Å².